The van der Waals surface area contributed by atoms with Gasteiger partial charge in [0.15, 0.2) is 0 Å². The van der Waals surface area contributed by atoms with Crippen molar-refractivity contribution < 1.29 is 33.8 Å². The predicted octanol–water partition coefficient (Wildman–Crippen LogP) is 7.55. The van der Waals surface area contributed by atoms with Gasteiger partial charge in [-0.05, 0) is 78.4 Å². The fourth-order valence-corrected chi connectivity index (χ4v) is 9.59. The first-order valence-electron chi connectivity index (χ1n) is 17.4. The van der Waals surface area contributed by atoms with Crippen molar-refractivity contribution in [2.24, 2.45) is 23.7 Å². The first-order chi connectivity index (χ1) is 26.0. The van der Waals surface area contributed by atoms with Crippen LogP contribution in [0.5, 0.6) is 17.2 Å². The summed E-state index contributed by atoms with van der Waals surface area (Å²) in [6.07, 6.45) is 3.98. The van der Waals surface area contributed by atoms with E-state index in [1.54, 1.807) is 72.8 Å². The molecule has 1 saturated carbocycles. The molecule has 0 aromatic heterocycles. The molecule has 3 fully saturated rings. The lowest BCUT2D eigenvalue weighted by atomic mass is 9.49. The van der Waals surface area contributed by atoms with Gasteiger partial charge in [-0.3, -0.25) is 29.5 Å². The summed E-state index contributed by atoms with van der Waals surface area (Å²) in [4.78, 5) is 60.4. The van der Waals surface area contributed by atoms with E-state index in [1.165, 1.54) is 37.3 Å². The highest BCUT2D eigenvalue weighted by atomic mass is 35.5. The number of hydrazine groups is 1. The SMILES string of the molecule is C=Cc1ccc(N2C(=O)C3CC=C4C(CC5C(=O)N(Nc6ccc(Cl)cc6Cl)C(=O)C5(c5ccc(OC)cc5)C4c4ccc(O)cc4OC)C3C2=O)cc1. The molecule has 2 N–H and O–H groups in total. The largest absolute Gasteiger partial charge is 0.508 e. The van der Waals surface area contributed by atoms with Crippen LogP contribution in [0.25, 0.3) is 6.08 Å². The average Bonchev–Trinajstić information content (AvgIpc) is 3.56. The highest BCUT2D eigenvalue weighted by Gasteiger charge is 2.70. The molecule has 0 radical (unpaired) electrons. The number of phenols is 1. The van der Waals surface area contributed by atoms with Gasteiger partial charge in [-0.1, -0.05) is 77.8 Å². The fourth-order valence-electron chi connectivity index (χ4n) is 9.14. The molecule has 274 valence electrons. The monoisotopic (exact) mass is 763 g/mol. The number of benzene rings is 4. The van der Waals surface area contributed by atoms with E-state index in [2.05, 4.69) is 12.0 Å². The van der Waals surface area contributed by atoms with Crippen LogP contribution in [-0.2, 0) is 24.6 Å². The normalized spacial score (nSPS) is 25.9. The maximum atomic E-state index is 15.5. The minimum atomic E-state index is -1.58. The molecule has 6 unspecified atom stereocenters. The number of anilines is 2. The number of amides is 4. The zero-order chi connectivity index (χ0) is 38.1. The van der Waals surface area contributed by atoms with Crippen molar-refractivity contribution in [2.75, 3.05) is 24.5 Å². The Bertz CT molecular complexity index is 2270. The number of methoxy groups -OCH3 is 2. The number of carbonyl (C=O) groups excluding carboxylic acids is 4. The van der Waals surface area contributed by atoms with Crippen LogP contribution < -0.4 is 19.8 Å². The number of nitrogens with one attached hydrogen (secondary N) is 1. The molecule has 0 bridgehead atoms. The Morgan fingerprint density at radius 1 is 0.870 bits per heavy atom. The molecule has 2 saturated heterocycles. The van der Waals surface area contributed by atoms with E-state index in [4.69, 9.17) is 32.7 Å². The number of allylic oxidation sites excluding steroid dienone is 2. The molecule has 4 aromatic rings. The van der Waals surface area contributed by atoms with Gasteiger partial charge in [-0.25, -0.2) is 0 Å². The Morgan fingerprint density at radius 2 is 1.61 bits per heavy atom. The third-order valence-electron chi connectivity index (χ3n) is 11.5. The Morgan fingerprint density at radius 3 is 2.28 bits per heavy atom. The maximum absolute atomic E-state index is 15.5. The van der Waals surface area contributed by atoms with E-state index in [1.807, 2.05) is 6.08 Å². The Labute approximate surface area is 321 Å². The molecule has 2 heterocycles. The molecular weight excluding hydrogens is 729 g/mol. The number of fused-ring (bicyclic) bond motifs is 4. The average molecular weight is 765 g/mol. The summed E-state index contributed by atoms with van der Waals surface area (Å²) in [6, 6.07) is 23.4. The fraction of sp³-hybridized carbons (Fsp3) is 0.238. The summed E-state index contributed by atoms with van der Waals surface area (Å²) in [5.74, 6) is -4.94. The van der Waals surface area contributed by atoms with E-state index in [9.17, 15) is 19.5 Å². The minimum absolute atomic E-state index is 0.0557. The van der Waals surface area contributed by atoms with Gasteiger partial charge in [-0.15, -0.1) is 0 Å². The number of aromatic hydroxyl groups is 1. The molecule has 2 aliphatic heterocycles. The number of halogens is 2. The van der Waals surface area contributed by atoms with Crippen LogP contribution in [0.15, 0.2) is 103 Å². The summed E-state index contributed by atoms with van der Waals surface area (Å²) in [5, 5.41) is 12.1. The number of nitrogens with zero attached hydrogens (tertiary/aromatic N) is 2. The maximum Gasteiger partial charge on any atom is 0.260 e. The zero-order valence-electron chi connectivity index (χ0n) is 29.3. The van der Waals surface area contributed by atoms with Gasteiger partial charge in [0.1, 0.15) is 17.2 Å². The summed E-state index contributed by atoms with van der Waals surface area (Å²) < 4.78 is 11.3. The number of imide groups is 2. The van der Waals surface area contributed by atoms with Crippen LogP contribution in [0.4, 0.5) is 11.4 Å². The number of ether oxygens (including phenoxy) is 2. The van der Waals surface area contributed by atoms with Gasteiger partial charge < -0.3 is 14.6 Å². The first-order valence-corrected chi connectivity index (χ1v) is 18.2. The van der Waals surface area contributed by atoms with Crippen LogP contribution >= 0.6 is 23.2 Å². The van der Waals surface area contributed by atoms with Crippen molar-refractivity contribution >= 4 is 64.3 Å². The summed E-state index contributed by atoms with van der Waals surface area (Å²) >= 11 is 12.7. The molecule has 6 atom stereocenters. The highest BCUT2D eigenvalue weighted by Crippen LogP contribution is 2.65. The molecule has 2 aliphatic carbocycles. The van der Waals surface area contributed by atoms with Crippen molar-refractivity contribution in [3.05, 3.63) is 130 Å². The molecule has 4 aromatic carbocycles. The quantitative estimate of drug-likeness (QED) is 0.139. The van der Waals surface area contributed by atoms with E-state index in [0.29, 0.717) is 33.3 Å². The van der Waals surface area contributed by atoms with Gasteiger partial charge in [0.05, 0.1) is 53.8 Å². The van der Waals surface area contributed by atoms with E-state index in [0.717, 1.165) is 16.1 Å². The summed E-state index contributed by atoms with van der Waals surface area (Å²) in [6.45, 7) is 3.80. The number of hydrogen-bond acceptors (Lipinski definition) is 8. The van der Waals surface area contributed by atoms with Gasteiger partial charge in [0.25, 0.3) is 11.8 Å². The van der Waals surface area contributed by atoms with Crippen LogP contribution in [0.3, 0.4) is 0 Å². The Kier molecular flexibility index (Phi) is 8.78. The first kappa shape index (κ1) is 35.4. The molecular formula is C42H35Cl2N3O7. The standard InChI is InChI=1S/C42H35Cl2N3O7/c1-4-22-5-10-25(11-6-22)46-38(49)30-17-16-28-31(36(30)40(46)51)21-32-39(50)47(45-34-18-9-24(43)19-33(34)44)41(52)42(32,23-7-13-27(53-2)14-8-23)37(28)29-15-12-26(48)20-35(29)54-3/h4-16,18-20,30-32,36-37,45,48H,1,17,21H2,2-3H3. The van der Waals surface area contributed by atoms with Gasteiger partial charge >= 0.3 is 0 Å². The second-order valence-corrected chi connectivity index (χ2v) is 14.8. The lowest BCUT2D eigenvalue weighted by Gasteiger charge is -2.50. The Balaban J connectivity index is 1.34. The molecule has 0 spiro atoms. The molecule has 10 nitrogen and oxygen atoms in total. The van der Waals surface area contributed by atoms with Crippen LogP contribution in [0, 0.1) is 23.7 Å². The molecule has 4 amide bonds. The smallest absolute Gasteiger partial charge is 0.260 e. The zero-order valence-corrected chi connectivity index (χ0v) is 30.8. The van der Waals surface area contributed by atoms with E-state index in [-0.39, 0.29) is 41.1 Å². The van der Waals surface area contributed by atoms with E-state index >= 15 is 4.79 Å². The highest BCUT2D eigenvalue weighted by molar-refractivity contribution is 6.36. The van der Waals surface area contributed by atoms with E-state index < -0.39 is 46.8 Å². The van der Waals surface area contributed by atoms with Crippen molar-refractivity contribution in [2.45, 2.75) is 24.2 Å². The van der Waals surface area contributed by atoms with Crippen molar-refractivity contribution in [3.8, 4) is 17.2 Å². The topological polar surface area (TPSA) is 125 Å². The van der Waals surface area contributed by atoms with Crippen molar-refractivity contribution in [3.63, 3.8) is 0 Å². The van der Waals surface area contributed by atoms with Gasteiger partial charge in [-0.2, -0.15) is 5.01 Å². The van der Waals surface area contributed by atoms with Crippen LogP contribution in [0.2, 0.25) is 10.0 Å². The number of phenolic OH excluding ortho intramolecular Hbond substituents is 1. The second kappa shape index (κ2) is 13.4. The number of carbonyl (C=O) groups is 4. The summed E-state index contributed by atoms with van der Waals surface area (Å²) in [7, 11) is 3.01. The van der Waals surface area contributed by atoms with Crippen molar-refractivity contribution in [1.29, 1.82) is 0 Å². The number of rotatable bonds is 8. The predicted molar refractivity (Wildman–Crippen MR) is 204 cm³/mol. The number of hydrogen-bond donors (Lipinski definition) is 2. The van der Waals surface area contributed by atoms with Crippen LogP contribution in [0.1, 0.15) is 35.4 Å². The van der Waals surface area contributed by atoms with Crippen LogP contribution in [-0.4, -0.2) is 48.0 Å². The molecule has 8 rings (SSSR count). The molecule has 12 heteroatoms. The third kappa shape index (κ3) is 5.22. The lowest BCUT2D eigenvalue weighted by molar-refractivity contribution is -0.138. The molecule has 4 aliphatic rings. The third-order valence-corrected chi connectivity index (χ3v) is 12.0. The summed E-state index contributed by atoms with van der Waals surface area (Å²) in [5.41, 5.74) is 4.81. The molecule has 54 heavy (non-hydrogen) atoms. The second-order valence-electron chi connectivity index (χ2n) is 13.9. The van der Waals surface area contributed by atoms with Gasteiger partial charge in [0, 0.05) is 22.6 Å². The van der Waals surface area contributed by atoms with Crippen molar-refractivity contribution in [1.82, 2.24) is 5.01 Å². The lowest BCUT2D eigenvalue weighted by Crippen LogP contribution is -2.53. The Hall–Kier alpha value is -5.58. The van der Waals surface area contributed by atoms with Gasteiger partial charge in [0.2, 0.25) is 11.8 Å². The minimum Gasteiger partial charge on any atom is -0.508 e.